The van der Waals surface area contributed by atoms with Crippen LogP contribution in [0.5, 0.6) is 11.5 Å². The predicted molar refractivity (Wildman–Crippen MR) is 246 cm³/mol. The fraction of sp³-hybridized carbons (Fsp3) is 0.245. The first-order valence-electron chi connectivity index (χ1n) is 21.2. The van der Waals surface area contributed by atoms with Crippen molar-refractivity contribution in [3.63, 3.8) is 0 Å². The molecular formula is C53H43N7O9. The number of nitriles is 2. The summed E-state index contributed by atoms with van der Waals surface area (Å²) in [6.45, 7) is 14.6. The van der Waals surface area contributed by atoms with Gasteiger partial charge in [0.2, 0.25) is 17.3 Å². The smallest absolute Gasteiger partial charge is 0.310 e. The van der Waals surface area contributed by atoms with Crippen LogP contribution in [0.4, 0.5) is 11.4 Å². The van der Waals surface area contributed by atoms with Crippen molar-refractivity contribution in [1.82, 2.24) is 14.9 Å². The number of carbonyl (C=O) groups is 2. The average molecular weight is 922 g/mol. The first-order valence-corrected chi connectivity index (χ1v) is 21.2. The standard InChI is InChI=1S/C27H22N4O4.C25H17N3O5.CH4/c1-29-19-13-20-23(30-15-19)26(34)24(32)21(25(33)31(2)3)22(17-7-5-4-6-8-17)27(26,35-20)18-11-9-16(14-28)10-12-18;1-27-17-11-18-21(28-13-17)24(32)22(29)19(23(30)31)20(15-5-3-2-4-6-15)25(24,33-18)16-9-7-14(12-26)8-10-16;/h4-13,15,21-22,24,32,34H,2-3H3;2-11,13,19-20,22,29,32H,(H,30,31);1H4/t21-,22-,24-,26+,27+;19-,20-,22-,24+,25+;/m11./s1. The Labute approximate surface area is 396 Å². The van der Waals surface area contributed by atoms with Crippen molar-refractivity contribution in [3.05, 3.63) is 201 Å². The Bertz CT molecular complexity index is 3170. The summed E-state index contributed by atoms with van der Waals surface area (Å²) in [5.41, 5.74) is -4.50. The van der Waals surface area contributed by atoms with Gasteiger partial charge in [0.1, 0.15) is 35.1 Å². The van der Waals surface area contributed by atoms with Gasteiger partial charge in [-0.3, -0.25) is 19.6 Å². The highest BCUT2D eigenvalue weighted by Gasteiger charge is 2.79. The maximum atomic E-state index is 13.5. The maximum absolute atomic E-state index is 13.5. The second kappa shape index (κ2) is 17.3. The number of carbonyl (C=O) groups excluding carboxylic acids is 1. The number of pyridine rings is 2. The van der Waals surface area contributed by atoms with Crippen LogP contribution in [0.3, 0.4) is 0 Å². The van der Waals surface area contributed by atoms with Crippen molar-refractivity contribution in [2.24, 2.45) is 11.8 Å². The number of ether oxygens (including phenoxy) is 2. The molecule has 16 nitrogen and oxygen atoms in total. The monoisotopic (exact) mass is 921 g/mol. The molecule has 2 aliphatic heterocycles. The van der Waals surface area contributed by atoms with Crippen LogP contribution in [0.1, 0.15) is 64.0 Å². The van der Waals surface area contributed by atoms with Crippen LogP contribution in [0.2, 0.25) is 0 Å². The highest BCUT2D eigenvalue weighted by molar-refractivity contribution is 5.82. The van der Waals surface area contributed by atoms with E-state index < -0.39 is 64.3 Å². The van der Waals surface area contributed by atoms with Crippen molar-refractivity contribution in [2.45, 2.75) is 53.9 Å². The van der Waals surface area contributed by atoms with Gasteiger partial charge in [-0.2, -0.15) is 10.5 Å². The number of carboxylic acid groups (broad SMARTS) is 1. The topological polar surface area (TPSA) is 239 Å². The molecule has 2 saturated carbocycles. The highest BCUT2D eigenvalue weighted by Crippen LogP contribution is 2.70. The molecule has 0 radical (unpaired) electrons. The number of nitrogens with zero attached hydrogens (tertiary/aromatic N) is 7. The summed E-state index contributed by atoms with van der Waals surface area (Å²) in [6, 6.07) is 37.6. The Morgan fingerprint density at radius 1 is 0.652 bits per heavy atom. The lowest BCUT2D eigenvalue weighted by Gasteiger charge is -2.40. The van der Waals surface area contributed by atoms with E-state index in [1.165, 1.54) is 41.6 Å². The number of fused-ring (bicyclic) bond motifs is 6. The van der Waals surface area contributed by atoms with E-state index in [0.29, 0.717) is 33.4 Å². The zero-order chi connectivity index (χ0) is 48.3. The fourth-order valence-corrected chi connectivity index (χ4v) is 10.8. The lowest BCUT2D eigenvalue weighted by molar-refractivity contribution is -0.160. The first kappa shape index (κ1) is 47.0. The molecule has 0 bridgehead atoms. The molecule has 10 rings (SSSR count). The Kier molecular flexibility index (Phi) is 11.8. The van der Waals surface area contributed by atoms with Crippen molar-refractivity contribution in [1.29, 1.82) is 10.5 Å². The van der Waals surface area contributed by atoms with E-state index in [4.69, 9.17) is 22.6 Å². The van der Waals surface area contributed by atoms with Gasteiger partial charge in [0.05, 0.1) is 48.2 Å². The second-order valence-electron chi connectivity index (χ2n) is 17.2. The van der Waals surface area contributed by atoms with Gasteiger partial charge in [0.25, 0.3) is 0 Å². The first-order chi connectivity index (χ1) is 32.7. The summed E-state index contributed by atoms with van der Waals surface area (Å²) >= 11 is 0. The van der Waals surface area contributed by atoms with Crippen LogP contribution in [-0.4, -0.2) is 78.6 Å². The molecule has 0 unspecified atom stereocenters. The Hall–Kier alpha value is -8.48. The van der Waals surface area contributed by atoms with Crippen molar-refractivity contribution < 1.29 is 44.6 Å². The minimum Gasteiger partial charge on any atom is -0.481 e. The number of carboxylic acids is 1. The average Bonchev–Trinajstić information content (AvgIpc) is 3.94. The third-order valence-electron chi connectivity index (χ3n) is 13.7. The highest BCUT2D eigenvalue weighted by atomic mass is 16.5. The Morgan fingerprint density at radius 3 is 1.38 bits per heavy atom. The summed E-state index contributed by atoms with van der Waals surface area (Å²) in [4.78, 5) is 42.6. The van der Waals surface area contributed by atoms with Crippen LogP contribution in [0.15, 0.2) is 134 Å². The summed E-state index contributed by atoms with van der Waals surface area (Å²) in [6.07, 6.45) is -0.789. The Balaban J connectivity index is 0.000000184. The van der Waals surface area contributed by atoms with Crippen molar-refractivity contribution in [2.75, 3.05) is 14.1 Å². The van der Waals surface area contributed by atoms with Gasteiger partial charge < -0.3 is 39.9 Å². The number of rotatable bonds is 6. The number of hydrogen-bond acceptors (Lipinski definition) is 12. The molecule has 16 heteroatoms. The number of aliphatic hydroxyl groups is 4. The molecule has 69 heavy (non-hydrogen) atoms. The zero-order valence-electron chi connectivity index (χ0n) is 36.2. The van der Waals surface area contributed by atoms with Gasteiger partial charge in [0.15, 0.2) is 22.4 Å². The van der Waals surface area contributed by atoms with Crippen molar-refractivity contribution >= 4 is 23.3 Å². The van der Waals surface area contributed by atoms with E-state index >= 15 is 0 Å². The largest absolute Gasteiger partial charge is 0.481 e. The zero-order valence-corrected chi connectivity index (χ0v) is 36.2. The van der Waals surface area contributed by atoms with Gasteiger partial charge in [0, 0.05) is 38.3 Å². The quantitative estimate of drug-likeness (QED) is 0.115. The molecule has 2 aliphatic carbocycles. The van der Waals surface area contributed by atoms with Crippen LogP contribution in [0, 0.1) is 47.6 Å². The van der Waals surface area contributed by atoms with E-state index in [1.54, 1.807) is 80.8 Å². The third-order valence-corrected chi connectivity index (χ3v) is 13.7. The molecule has 0 saturated heterocycles. The van der Waals surface area contributed by atoms with Gasteiger partial charge in [-0.1, -0.05) is 92.4 Å². The molecule has 5 N–H and O–H groups in total. The van der Waals surface area contributed by atoms with Gasteiger partial charge in [-0.25, -0.2) is 9.69 Å². The molecule has 10 atom stereocenters. The molecular weight excluding hydrogens is 879 g/mol. The second-order valence-corrected chi connectivity index (χ2v) is 17.2. The van der Waals surface area contributed by atoms with Crippen LogP contribution in [0.25, 0.3) is 9.69 Å². The summed E-state index contributed by atoms with van der Waals surface area (Å²) in [7, 11) is 3.19. The molecule has 0 spiro atoms. The summed E-state index contributed by atoms with van der Waals surface area (Å²) in [5.74, 6) is -5.74. The summed E-state index contributed by atoms with van der Waals surface area (Å²) < 4.78 is 12.9. The fourth-order valence-electron chi connectivity index (χ4n) is 10.8. The number of aromatic nitrogens is 2. The number of aliphatic hydroxyl groups excluding tert-OH is 2. The van der Waals surface area contributed by atoms with Gasteiger partial charge in [-0.15, -0.1) is 0 Å². The van der Waals surface area contributed by atoms with E-state index in [2.05, 4.69) is 25.7 Å². The maximum Gasteiger partial charge on any atom is 0.310 e. The van der Waals surface area contributed by atoms with Crippen LogP contribution >= 0.6 is 0 Å². The minimum absolute atomic E-state index is 0. The van der Waals surface area contributed by atoms with E-state index in [9.17, 15) is 45.6 Å². The van der Waals surface area contributed by atoms with Gasteiger partial charge >= 0.3 is 5.97 Å². The number of amides is 1. The predicted octanol–water partition coefficient (Wildman–Crippen LogP) is 6.32. The summed E-state index contributed by atoms with van der Waals surface area (Å²) in [5, 5.41) is 76.4. The molecule has 2 fully saturated rings. The van der Waals surface area contributed by atoms with E-state index in [0.717, 1.165) is 0 Å². The molecule has 344 valence electrons. The lowest BCUT2D eigenvalue weighted by atomic mass is 9.71. The number of hydrogen-bond donors (Lipinski definition) is 5. The lowest BCUT2D eigenvalue weighted by Crippen LogP contribution is -2.52. The molecule has 4 aliphatic rings. The normalized spacial score (nSPS) is 28.3. The third kappa shape index (κ3) is 6.54. The van der Waals surface area contributed by atoms with E-state index in [1.807, 2.05) is 36.4 Å². The molecule has 4 aromatic carbocycles. The Morgan fingerprint density at radius 2 is 1.03 bits per heavy atom. The molecule has 4 heterocycles. The molecule has 2 aromatic heterocycles. The minimum atomic E-state index is -2.24. The van der Waals surface area contributed by atoms with E-state index in [-0.39, 0.29) is 47.6 Å². The van der Waals surface area contributed by atoms with Crippen LogP contribution in [-0.2, 0) is 32.0 Å². The number of aliphatic carboxylic acids is 1. The molecule has 1 amide bonds. The van der Waals surface area contributed by atoms with Crippen molar-refractivity contribution in [3.8, 4) is 23.6 Å². The molecule has 6 aromatic rings. The SMILES string of the molecule is C.[C-]#[N+]c1cnc2c(c1)O[C@@]1(c3ccc(C#N)cc3)[C@H](c3ccccc3)[C@@H](C(=O)N(C)C)[C@@H](O)[C@@]21O.[C-]#[N+]c1cnc2c(c1)O[C@@]1(c3ccc(C#N)cc3)[C@H](c3ccccc3)[C@@H](C(=O)O)[C@@H](O)[C@@]21O. The van der Waals surface area contributed by atoms with Crippen LogP contribution < -0.4 is 9.47 Å². The number of benzene rings is 4. The van der Waals surface area contributed by atoms with Gasteiger partial charge in [-0.05, 0) is 58.7 Å².